The summed E-state index contributed by atoms with van der Waals surface area (Å²) in [6, 6.07) is 4.80. The van der Waals surface area contributed by atoms with Crippen molar-refractivity contribution in [2.24, 2.45) is 0 Å². The Hall–Kier alpha value is -2.61. The molecule has 0 spiro atoms. The lowest BCUT2D eigenvalue weighted by Crippen LogP contribution is -2.52. The molecule has 1 unspecified atom stereocenters. The zero-order chi connectivity index (χ0) is 18.6. The summed E-state index contributed by atoms with van der Waals surface area (Å²) in [6.07, 6.45) is 2.34. The second kappa shape index (κ2) is 7.52. The molecule has 2 rings (SSSR count). The van der Waals surface area contributed by atoms with Gasteiger partial charge in [-0.2, -0.15) is 0 Å². The average molecular weight is 364 g/mol. The summed E-state index contributed by atoms with van der Waals surface area (Å²) in [4.78, 5) is 36.3. The summed E-state index contributed by atoms with van der Waals surface area (Å²) < 4.78 is 5.02. The van der Waals surface area contributed by atoms with Crippen LogP contribution in [0.15, 0.2) is 28.9 Å². The van der Waals surface area contributed by atoms with Crippen molar-refractivity contribution in [3.05, 3.63) is 40.7 Å². The highest BCUT2D eigenvalue weighted by molar-refractivity contribution is 7.18. The zero-order valence-electron chi connectivity index (χ0n) is 14.2. The van der Waals surface area contributed by atoms with Gasteiger partial charge in [0, 0.05) is 0 Å². The molecule has 0 aromatic carbocycles. The number of nitrogens with one attached hydrogen (secondary N) is 2. The first-order valence-corrected chi connectivity index (χ1v) is 8.59. The molecule has 7 nitrogen and oxygen atoms in total. The van der Waals surface area contributed by atoms with Crippen LogP contribution >= 0.6 is 11.3 Å². The Morgan fingerprint density at radius 1 is 1.32 bits per heavy atom. The number of carboxylic acids is 1. The normalized spacial score (nSPS) is 13.1. The van der Waals surface area contributed by atoms with Crippen molar-refractivity contribution in [1.29, 1.82) is 0 Å². The van der Waals surface area contributed by atoms with Gasteiger partial charge in [-0.05, 0) is 44.0 Å². The van der Waals surface area contributed by atoms with E-state index in [9.17, 15) is 19.5 Å². The molecule has 2 amide bonds. The predicted molar refractivity (Wildman–Crippen MR) is 94.1 cm³/mol. The smallest absolute Gasteiger partial charge is 0.329 e. The molecule has 0 radical (unpaired) electrons. The number of amides is 2. The Morgan fingerprint density at radius 3 is 2.60 bits per heavy atom. The van der Waals surface area contributed by atoms with Gasteiger partial charge in [-0.3, -0.25) is 9.59 Å². The Bertz CT molecular complexity index is 781. The average Bonchev–Trinajstić information content (AvgIpc) is 3.17. The van der Waals surface area contributed by atoms with E-state index >= 15 is 0 Å². The number of rotatable bonds is 7. The van der Waals surface area contributed by atoms with E-state index in [2.05, 4.69) is 10.6 Å². The van der Waals surface area contributed by atoms with Crippen LogP contribution in [0.5, 0.6) is 0 Å². The molecule has 1 atom stereocenters. The predicted octanol–water partition coefficient (Wildman–Crippen LogP) is 3.28. The Labute approximate surface area is 149 Å². The number of aryl methyl sites for hydroxylation is 1. The maximum absolute atomic E-state index is 12.5. The first-order valence-electron chi connectivity index (χ1n) is 7.78. The molecule has 0 fully saturated rings. The van der Waals surface area contributed by atoms with Gasteiger partial charge in [0.15, 0.2) is 5.76 Å². The van der Waals surface area contributed by atoms with Gasteiger partial charge in [0.2, 0.25) is 0 Å². The number of anilines is 1. The third-order valence-electron chi connectivity index (χ3n) is 3.72. The number of aliphatic carboxylic acids is 1. The van der Waals surface area contributed by atoms with Crippen LogP contribution in [-0.4, -0.2) is 28.4 Å². The van der Waals surface area contributed by atoms with Gasteiger partial charge in [-0.15, -0.1) is 11.3 Å². The molecule has 2 aromatic heterocycles. The third-order valence-corrected chi connectivity index (χ3v) is 4.87. The van der Waals surface area contributed by atoms with Crippen LogP contribution in [0.1, 0.15) is 52.5 Å². The number of carbonyl (C=O) groups excluding carboxylic acids is 2. The first kappa shape index (κ1) is 18.7. The molecule has 0 aliphatic carbocycles. The van der Waals surface area contributed by atoms with E-state index in [4.69, 9.17) is 4.42 Å². The van der Waals surface area contributed by atoms with Crippen LogP contribution in [0.25, 0.3) is 0 Å². The molecule has 25 heavy (non-hydrogen) atoms. The highest BCUT2D eigenvalue weighted by atomic mass is 32.1. The van der Waals surface area contributed by atoms with Crippen molar-refractivity contribution in [2.75, 3.05) is 5.32 Å². The van der Waals surface area contributed by atoms with Gasteiger partial charge in [-0.25, -0.2) is 4.79 Å². The first-order chi connectivity index (χ1) is 11.8. The summed E-state index contributed by atoms with van der Waals surface area (Å²) in [5.41, 5.74) is -0.679. The topological polar surface area (TPSA) is 109 Å². The quantitative estimate of drug-likeness (QED) is 0.699. The van der Waals surface area contributed by atoms with Gasteiger partial charge in [0.25, 0.3) is 11.8 Å². The Morgan fingerprint density at radius 2 is 2.04 bits per heavy atom. The minimum Gasteiger partial charge on any atom is -0.480 e. The van der Waals surface area contributed by atoms with Crippen LogP contribution in [0.3, 0.4) is 0 Å². The van der Waals surface area contributed by atoms with Crippen molar-refractivity contribution >= 4 is 34.1 Å². The van der Waals surface area contributed by atoms with E-state index in [1.807, 2.05) is 6.92 Å². The minimum absolute atomic E-state index is 0.165. The van der Waals surface area contributed by atoms with Crippen LogP contribution in [-0.2, 0) is 4.79 Å². The van der Waals surface area contributed by atoms with E-state index in [0.717, 1.165) is 11.3 Å². The summed E-state index contributed by atoms with van der Waals surface area (Å²) >= 11 is 1.09. The SMILES string of the molecule is CCCC(C)(NC(=O)c1sc(NC(=O)c2ccco2)cc1C)C(=O)O. The second-order valence-electron chi connectivity index (χ2n) is 5.90. The Kier molecular flexibility index (Phi) is 5.63. The van der Waals surface area contributed by atoms with Crippen LogP contribution in [0.2, 0.25) is 0 Å². The number of thiophene rings is 1. The second-order valence-corrected chi connectivity index (χ2v) is 6.95. The fourth-order valence-corrected chi connectivity index (χ4v) is 3.34. The highest BCUT2D eigenvalue weighted by Gasteiger charge is 2.34. The zero-order valence-corrected chi connectivity index (χ0v) is 15.0. The van der Waals surface area contributed by atoms with Gasteiger partial charge in [-0.1, -0.05) is 13.3 Å². The summed E-state index contributed by atoms with van der Waals surface area (Å²) in [5.74, 6) is -1.80. The van der Waals surface area contributed by atoms with Gasteiger partial charge in [0.1, 0.15) is 5.54 Å². The van der Waals surface area contributed by atoms with Crippen LogP contribution in [0, 0.1) is 6.92 Å². The number of carbonyl (C=O) groups is 3. The van der Waals surface area contributed by atoms with Crippen molar-refractivity contribution in [3.63, 3.8) is 0 Å². The van der Waals surface area contributed by atoms with Crippen LogP contribution < -0.4 is 10.6 Å². The standard InChI is InChI=1S/C17H20N2O5S/c1-4-7-17(3,16(22)23)19-15(21)13-10(2)9-12(25-13)18-14(20)11-6-5-8-24-11/h5-6,8-9H,4,7H2,1-3H3,(H,18,20)(H,19,21)(H,22,23). The Balaban J connectivity index is 2.14. The maximum Gasteiger partial charge on any atom is 0.329 e. The summed E-state index contributed by atoms with van der Waals surface area (Å²) in [5, 5.41) is 15.1. The van der Waals surface area contributed by atoms with E-state index in [-0.39, 0.29) is 5.76 Å². The fourth-order valence-electron chi connectivity index (χ4n) is 2.38. The fraction of sp³-hybridized carbons (Fsp3) is 0.353. The lowest BCUT2D eigenvalue weighted by Gasteiger charge is -2.25. The minimum atomic E-state index is -1.33. The van der Waals surface area contributed by atoms with Gasteiger partial charge >= 0.3 is 5.97 Å². The molecule has 134 valence electrons. The third kappa shape index (κ3) is 4.27. The molecule has 3 N–H and O–H groups in total. The van der Waals surface area contributed by atoms with Crippen molar-refractivity contribution in [1.82, 2.24) is 5.32 Å². The molecule has 0 saturated carbocycles. The largest absolute Gasteiger partial charge is 0.480 e. The molecule has 2 heterocycles. The number of hydrogen-bond acceptors (Lipinski definition) is 5. The van der Waals surface area contributed by atoms with Crippen molar-refractivity contribution in [3.8, 4) is 0 Å². The number of furan rings is 1. The highest BCUT2D eigenvalue weighted by Crippen LogP contribution is 2.28. The lowest BCUT2D eigenvalue weighted by molar-refractivity contribution is -0.144. The maximum atomic E-state index is 12.5. The monoisotopic (exact) mass is 364 g/mol. The molecule has 0 aliphatic heterocycles. The van der Waals surface area contributed by atoms with E-state index in [1.165, 1.54) is 19.3 Å². The summed E-state index contributed by atoms with van der Waals surface area (Å²) in [7, 11) is 0. The van der Waals surface area contributed by atoms with Crippen LogP contribution in [0.4, 0.5) is 5.00 Å². The molecule has 0 aliphatic rings. The molecule has 8 heteroatoms. The molecule has 0 bridgehead atoms. The van der Waals surface area contributed by atoms with E-state index in [0.29, 0.717) is 28.3 Å². The lowest BCUT2D eigenvalue weighted by atomic mass is 9.96. The summed E-state index contributed by atoms with van der Waals surface area (Å²) in [6.45, 7) is 5.07. The van der Waals surface area contributed by atoms with Gasteiger partial charge < -0.3 is 20.2 Å². The van der Waals surface area contributed by atoms with E-state index in [1.54, 1.807) is 19.1 Å². The molecule has 2 aromatic rings. The van der Waals surface area contributed by atoms with Gasteiger partial charge in [0.05, 0.1) is 16.1 Å². The van der Waals surface area contributed by atoms with E-state index < -0.39 is 23.3 Å². The molecular formula is C17H20N2O5S. The van der Waals surface area contributed by atoms with Crippen molar-refractivity contribution < 1.29 is 23.9 Å². The number of carboxylic acid groups (broad SMARTS) is 1. The molecular weight excluding hydrogens is 344 g/mol. The molecule has 0 saturated heterocycles. The van der Waals surface area contributed by atoms with Crippen molar-refractivity contribution in [2.45, 2.75) is 39.2 Å². The number of hydrogen-bond donors (Lipinski definition) is 3.